The lowest BCUT2D eigenvalue weighted by Crippen LogP contribution is -2.52. The van der Waals surface area contributed by atoms with Crippen molar-refractivity contribution in [2.24, 2.45) is 17.6 Å². The first-order chi connectivity index (χ1) is 8.02. The fraction of sp³-hybridized carbons (Fsp3) is 1.00. The predicted molar refractivity (Wildman–Crippen MR) is 75.1 cm³/mol. The molecule has 1 aliphatic rings. The zero-order chi connectivity index (χ0) is 12.8. The van der Waals surface area contributed by atoms with E-state index in [2.05, 4.69) is 37.5 Å². The predicted octanol–water partition coefficient (Wildman–Crippen LogP) is 1.63. The van der Waals surface area contributed by atoms with Crippen LogP contribution >= 0.6 is 0 Å². The Hall–Kier alpha value is -0.120. The molecule has 17 heavy (non-hydrogen) atoms. The maximum Gasteiger partial charge on any atom is 0.0191 e. The van der Waals surface area contributed by atoms with Crippen LogP contribution in [0.15, 0.2) is 0 Å². The summed E-state index contributed by atoms with van der Waals surface area (Å²) < 4.78 is 0. The molecule has 0 aromatic heterocycles. The molecule has 0 spiro atoms. The van der Waals surface area contributed by atoms with Crippen LogP contribution in [0.4, 0.5) is 0 Å². The van der Waals surface area contributed by atoms with Crippen LogP contribution in [0.2, 0.25) is 0 Å². The van der Waals surface area contributed by atoms with Gasteiger partial charge in [0.15, 0.2) is 0 Å². The van der Waals surface area contributed by atoms with Crippen molar-refractivity contribution < 1.29 is 0 Å². The van der Waals surface area contributed by atoms with Gasteiger partial charge in [-0.1, -0.05) is 20.8 Å². The van der Waals surface area contributed by atoms with Crippen LogP contribution in [0.1, 0.15) is 34.1 Å². The van der Waals surface area contributed by atoms with E-state index in [-0.39, 0.29) is 0 Å². The molecular formula is C14H31N3. The van der Waals surface area contributed by atoms with Crippen LogP contribution in [0.5, 0.6) is 0 Å². The summed E-state index contributed by atoms with van der Waals surface area (Å²) in [5.41, 5.74) is 5.72. The SMILES string of the molecule is CC(C)CC(C)CN1CCN(C(C)CN)CC1. The van der Waals surface area contributed by atoms with Crippen molar-refractivity contribution in [2.45, 2.75) is 40.2 Å². The molecule has 0 aliphatic carbocycles. The first kappa shape index (κ1) is 14.9. The average molecular weight is 241 g/mol. The molecule has 0 amide bonds. The van der Waals surface area contributed by atoms with E-state index in [1.165, 1.54) is 39.1 Å². The van der Waals surface area contributed by atoms with Crippen molar-refractivity contribution in [3.8, 4) is 0 Å². The van der Waals surface area contributed by atoms with Crippen molar-refractivity contribution in [2.75, 3.05) is 39.3 Å². The Morgan fingerprint density at radius 2 is 1.59 bits per heavy atom. The Bertz CT molecular complexity index is 198. The van der Waals surface area contributed by atoms with Gasteiger partial charge in [-0.15, -0.1) is 0 Å². The van der Waals surface area contributed by atoms with E-state index >= 15 is 0 Å². The van der Waals surface area contributed by atoms with Gasteiger partial charge in [0.2, 0.25) is 0 Å². The number of rotatable bonds is 6. The van der Waals surface area contributed by atoms with E-state index in [9.17, 15) is 0 Å². The van der Waals surface area contributed by atoms with E-state index in [1.54, 1.807) is 0 Å². The monoisotopic (exact) mass is 241 g/mol. The Labute approximate surface area is 107 Å². The van der Waals surface area contributed by atoms with Gasteiger partial charge in [-0.2, -0.15) is 0 Å². The van der Waals surface area contributed by atoms with Crippen molar-refractivity contribution >= 4 is 0 Å². The van der Waals surface area contributed by atoms with Crippen LogP contribution in [-0.2, 0) is 0 Å². The van der Waals surface area contributed by atoms with Gasteiger partial charge >= 0.3 is 0 Å². The highest BCUT2D eigenvalue weighted by Gasteiger charge is 2.21. The van der Waals surface area contributed by atoms with Gasteiger partial charge in [-0.3, -0.25) is 4.90 Å². The fourth-order valence-corrected chi connectivity index (χ4v) is 2.86. The summed E-state index contributed by atoms with van der Waals surface area (Å²) in [6.07, 6.45) is 1.35. The third kappa shape index (κ3) is 5.36. The molecule has 2 atom stereocenters. The molecule has 0 bridgehead atoms. The Morgan fingerprint density at radius 3 is 2.06 bits per heavy atom. The highest BCUT2D eigenvalue weighted by Crippen LogP contribution is 2.14. The maximum absolute atomic E-state index is 5.72. The second kappa shape index (κ2) is 7.34. The summed E-state index contributed by atoms with van der Waals surface area (Å²) in [7, 11) is 0. The number of hydrogen-bond donors (Lipinski definition) is 1. The zero-order valence-electron chi connectivity index (χ0n) is 12.2. The van der Waals surface area contributed by atoms with Gasteiger partial charge in [0, 0.05) is 45.3 Å². The third-order valence-electron chi connectivity index (χ3n) is 3.81. The molecule has 0 aromatic rings. The summed E-state index contributed by atoms with van der Waals surface area (Å²) >= 11 is 0. The molecule has 0 saturated carbocycles. The van der Waals surface area contributed by atoms with E-state index in [0.29, 0.717) is 6.04 Å². The lowest BCUT2D eigenvalue weighted by atomic mass is 9.98. The normalized spacial score (nSPS) is 22.9. The molecule has 0 radical (unpaired) electrons. The Morgan fingerprint density at radius 1 is 1.00 bits per heavy atom. The smallest absolute Gasteiger partial charge is 0.0191 e. The fourth-order valence-electron chi connectivity index (χ4n) is 2.86. The van der Waals surface area contributed by atoms with E-state index in [4.69, 9.17) is 5.73 Å². The lowest BCUT2D eigenvalue weighted by Gasteiger charge is -2.38. The summed E-state index contributed by atoms with van der Waals surface area (Å²) in [5, 5.41) is 0. The summed E-state index contributed by atoms with van der Waals surface area (Å²) in [5.74, 6) is 1.65. The first-order valence-electron chi connectivity index (χ1n) is 7.19. The molecule has 1 saturated heterocycles. The Balaban J connectivity index is 2.23. The van der Waals surface area contributed by atoms with Gasteiger partial charge in [-0.05, 0) is 25.2 Å². The van der Waals surface area contributed by atoms with Crippen LogP contribution < -0.4 is 5.73 Å². The molecule has 2 N–H and O–H groups in total. The molecule has 2 unspecified atom stereocenters. The van der Waals surface area contributed by atoms with Gasteiger partial charge in [-0.25, -0.2) is 0 Å². The molecule has 1 fully saturated rings. The standard InChI is InChI=1S/C14H31N3/c1-12(2)9-13(3)11-16-5-7-17(8-6-16)14(4)10-15/h12-14H,5-11,15H2,1-4H3. The van der Waals surface area contributed by atoms with E-state index in [0.717, 1.165) is 18.4 Å². The second-order valence-corrected chi connectivity index (χ2v) is 6.16. The zero-order valence-corrected chi connectivity index (χ0v) is 12.2. The van der Waals surface area contributed by atoms with Gasteiger partial charge in [0.1, 0.15) is 0 Å². The molecule has 3 nitrogen and oxygen atoms in total. The first-order valence-corrected chi connectivity index (χ1v) is 7.19. The highest BCUT2D eigenvalue weighted by atomic mass is 15.3. The van der Waals surface area contributed by atoms with Crippen molar-refractivity contribution in [1.29, 1.82) is 0 Å². The molecule has 102 valence electrons. The van der Waals surface area contributed by atoms with E-state index < -0.39 is 0 Å². The molecule has 1 aliphatic heterocycles. The summed E-state index contributed by atoms with van der Waals surface area (Å²) in [6.45, 7) is 16.1. The number of piperazine rings is 1. The topological polar surface area (TPSA) is 32.5 Å². The molecule has 3 heteroatoms. The van der Waals surface area contributed by atoms with Gasteiger partial charge < -0.3 is 10.6 Å². The van der Waals surface area contributed by atoms with Crippen LogP contribution in [0, 0.1) is 11.8 Å². The van der Waals surface area contributed by atoms with Crippen LogP contribution in [0.25, 0.3) is 0 Å². The molecule has 1 heterocycles. The van der Waals surface area contributed by atoms with Crippen molar-refractivity contribution in [3.63, 3.8) is 0 Å². The largest absolute Gasteiger partial charge is 0.329 e. The number of nitrogens with two attached hydrogens (primary N) is 1. The summed E-state index contributed by atoms with van der Waals surface area (Å²) in [6, 6.07) is 0.547. The molecular weight excluding hydrogens is 210 g/mol. The molecule has 1 rings (SSSR count). The summed E-state index contributed by atoms with van der Waals surface area (Å²) in [4.78, 5) is 5.14. The van der Waals surface area contributed by atoms with Crippen molar-refractivity contribution in [1.82, 2.24) is 9.80 Å². The Kier molecular flexibility index (Phi) is 6.45. The van der Waals surface area contributed by atoms with Crippen LogP contribution in [-0.4, -0.2) is 55.1 Å². The second-order valence-electron chi connectivity index (χ2n) is 6.16. The van der Waals surface area contributed by atoms with E-state index in [1.807, 2.05) is 0 Å². The quantitative estimate of drug-likeness (QED) is 0.767. The number of hydrogen-bond acceptors (Lipinski definition) is 3. The van der Waals surface area contributed by atoms with Gasteiger partial charge in [0.25, 0.3) is 0 Å². The van der Waals surface area contributed by atoms with Crippen molar-refractivity contribution in [3.05, 3.63) is 0 Å². The maximum atomic E-state index is 5.72. The highest BCUT2D eigenvalue weighted by molar-refractivity contribution is 4.77. The third-order valence-corrected chi connectivity index (χ3v) is 3.81. The minimum atomic E-state index is 0.547. The van der Waals surface area contributed by atoms with Gasteiger partial charge in [0.05, 0.1) is 0 Å². The number of nitrogens with zero attached hydrogens (tertiary/aromatic N) is 2. The lowest BCUT2D eigenvalue weighted by molar-refractivity contribution is 0.0931. The minimum Gasteiger partial charge on any atom is -0.329 e. The van der Waals surface area contributed by atoms with Crippen LogP contribution in [0.3, 0.4) is 0 Å². The average Bonchev–Trinajstić information content (AvgIpc) is 2.28. The molecule has 0 aromatic carbocycles. The minimum absolute atomic E-state index is 0.547.